The predicted molar refractivity (Wildman–Crippen MR) is 71.6 cm³/mol. The van der Waals surface area contributed by atoms with E-state index in [4.69, 9.17) is 16.3 Å². The first-order valence-corrected chi connectivity index (χ1v) is 6.48. The number of hydrogen-bond acceptors (Lipinski definition) is 4. The molecule has 100 valence electrons. The van der Waals surface area contributed by atoms with Crippen LogP contribution in [0.5, 0.6) is 0 Å². The van der Waals surface area contributed by atoms with Gasteiger partial charge in [0.1, 0.15) is 0 Å². The number of anilines is 1. The van der Waals surface area contributed by atoms with E-state index in [1.807, 2.05) is 7.05 Å². The van der Waals surface area contributed by atoms with Crippen LogP contribution in [0.1, 0.15) is 18.9 Å². The van der Waals surface area contributed by atoms with Gasteiger partial charge in [0, 0.05) is 39.1 Å². The van der Waals surface area contributed by atoms with Crippen LogP contribution < -0.4 is 10.5 Å². The quantitative estimate of drug-likeness (QED) is 0.731. The zero-order valence-electron chi connectivity index (χ0n) is 10.7. The van der Waals surface area contributed by atoms with Gasteiger partial charge in [-0.15, -0.1) is 11.6 Å². The lowest BCUT2D eigenvalue weighted by Gasteiger charge is -2.20. The Morgan fingerprint density at radius 1 is 1.67 bits per heavy atom. The second-order valence-corrected chi connectivity index (χ2v) is 5.24. The lowest BCUT2D eigenvalue weighted by Crippen LogP contribution is -2.35. The summed E-state index contributed by atoms with van der Waals surface area (Å²) in [5.41, 5.74) is -0.0382. The van der Waals surface area contributed by atoms with E-state index in [0.717, 1.165) is 12.8 Å². The standard InChI is InChI=1S/C12H18ClN3O2/c1-15(7-9(13)8-18-2)11-12(17)16(6-5-14-11)10-3-4-10/h5-6,9-10H,3-4,7-8H2,1-2H3. The van der Waals surface area contributed by atoms with E-state index in [0.29, 0.717) is 25.0 Å². The van der Waals surface area contributed by atoms with Gasteiger partial charge < -0.3 is 14.2 Å². The molecule has 1 aliphatic rings. The molecule has 1 aliphatic carbocycles. The Morgan fingerprint density at radius 3 is 3.00 bits per heavy atom. The second kappa shape index (κ2) is 5.71. The number of nitrogens with zero attached hydrogens (tertiary/aromatic N) is 3. The molecule has 6 heteroatoms. The van der Waals surface area contributed by atoms with Gasteiger partial charge in [0.05, 0.1) is 12.0 Å². The van der Waals surface area contributed by atoms with E-state index in [-0.39, 0.29) is 10.9 Å². The van der Waals surface area contributed by atoms with Gasteiger partial charge in [0.15, 0.2) is 5.82 Å². The third-order valence-corrected chi connectivity index (χ3v) is 3.24. The first-order chi connectivity index (χ1) is 8.63. The Labute approximate surface area is 111 Å². The van der Waals surface area contributed by atoms with Crippen LogP contribution in [0.4, 0.5) is 5.82 Å². The molecule has 5 nitrogen and oxygen atoms in total. The fourth-order valence-corrected chi connectivity index (χ4v) is 2.27. The van der Waals surface area contributed by atoms with Gasteiger partial charge in [-0.1, -0.05) is 0 Å². The van der Waals surface area contributed by atoms with Crippen molar-refractivity contribution in [3.8, 4) is 0 Å². The fourth-order valence-electron chi connectivity index (χ4n) is 1.93. The SMILES string of the molecule is COCC(Cl)CN(C)c1nccn(C2CC2)c1=O. The maximum absolute atomic E-state index is 12.2. The van der Waals surface area contributed by atoms with Crippen LogP contribution in [0.3, 0.4) is 0 Å². The van der Waals surface area contributed by atoms with Gasteiger partial charge in [-0.2, -0.15) is 0 Å². The third-order valence-electron chi connectivity index (χ3n) is 2.97. The van der Waals surface area contributed by atoms with Gasteiger partial charge in [-0.25, -0.2) is 4.98 Å². The molecular weight excluding hydrogens is 254 g/mol. The Hall–Kier alpha value is -1.07. The van der Waals surface area contributed by atoms with Crippen molar-refractivity contribution in [2.24, 2.45) is 0 Å². The number of halogens is 1. The largest absolute Gasteiger partial charge is 0.383 e. The Morgan fingerprint density at radius 2 is 2.39 bits per heavy atom. The third kappa shape index (κ3) is 3.03. The average Bonchev–Trinajstić information content (AvgIpc) is 3.13. The van der Waals surface area contributed by atoms with Crippen LogP contribution in [0, 0.1) is 0 Å². The normalized spacial score (nSPS) is 16.6. The Balaban J connectivity index is 2.12. The number of rotatable bonds is 6. The maximum atomic E-state index is 12.2. The highest BCUT2D eigenvalue weighted by molar-refractivity contribution is 6.21. The monoisotopic (exact) mass is 271 g/mol. The smallest absolute Gasteiger partial charge is 0.293 e. The van der Waals surface area contributed by atoms with Crippen LogP contribution in [-0.2, 0) is 4.74 Å². The number of aromatic nitrogens is 2. The molecule has 0 saturated heterocycles. The van der Waals surface area contributed by atoms with E-state index in [1.165, 1.54) is 0 Å². The molecule has 2 rings (SSSR count). The van der Waals surface area contributed by atoms with Gasteiger partial charge in [0.2, 0.25) is 0 Å². The van der Waals surface area contributed by atoms with Crippen molar-refractivity contribution >= 4 is 17.4 Å². The highest BCUT2D eigenvalue weighted by Gasteiger charge is 2.26. The van der Waals surface area contributed by atoms with Crippen molar-refractivity contribution in [3.05, 3.63) is 22.7 Å². The number of ether oxygens (including phenoxy) is 1. The maximum Gasteiger partial charge on any atom is 0.293 e. The summed E-state index contributed by atoms with van der Waals surface area (Å²) in [6.45, 7) is 0.988. The van der Waals surface area contributed by atoms with E-state index in [2.05, 4.69) is 4.98 Å². The molecule has 1 aromatic heterocycles. The molecule has 1 unspecified atom stereocenters. The summed E-state index contributed by atoms with van der Waals surface area (Å²) in [7, 11) is 3.43. The average molecular weight is 272 g/mol. The topological polar surface area (TPSA) is 47.4 Å². The zero-order chi connectivity index (χ0) is 13.1. The van der Waals surface area contributed by atoms with E-state index in [9.17, 15) is 4.79 Å². The van der Waals surface area contributed by atoms with E-state index >= 15 is 0 Å². The van der Waals surface area contributed by atoms with Crippen LogP contribution in [-0.4, -0.2) is 42.2 Å². The summed E-state index contributed by atoms with van der Waals surface area (Å²) in [5.74, 6) is 0.450. The number of alkyl halides is 1. The number of methoxy groups -OCH3 is 1. The molecule has 1 aromatic rings. The van der Waals surface area contributed by atoms with Crippen LogP contribution >= 0.6 is 11.6 Å². The molecule has 0 radical (unpaired) electrons. The highest BCUT2D eigenvalue weighted by Crippen LogP contribution is 2.33. The summed E-state index contributed by atoms with van der Waals surface area (Å²) in [4.78, 5) is 18.2. The lowest BCUT2D eigenvalue weighted by molar-refractivity contribution is 0.199. The molecule has 1 heterocycles. The van der Waals surface area contributed by atoms with Crippen molar-refractivity contribution in [2.75, 3.05) is 32.2 Å². The van der Waals surface area contributed by atoms with Crippen molar-refractivity contribution in [3.63, 3.8) is 0 Å². The molecule has 0 aliphatic heterocycles. The minimum absolute atomic E-state index is 0.0382. The van der Waals surface area contributed by atoms with Crippen LogP contribution in [0.25, 0.3) is 0 Å². The highest BCUT2D eigenvalue weighted by atomic mass is 35.5. The molecule has 0 bridgehead atoms. The molecule has 0 spiro atoms. The van der Waals surface area contributed by atoms with Crippen molar-refractivity contribution in [1.29, 1.82) is 0 Å². The van der Waals surface area contributed by atoms with Gasteiger partial charge in [-0.3, -0.25) is 4.79 Å². The second-order valence-electron chi connectivity index (χ2n) is 4.63. The molecule has 1 saturated carbocycles. The van der Waals surface area contributed by atoms with Gasteiger partial charge in [-0.05, 0) is 12.8 Å². The van der Waals surface area contributed by atoms with Crippen molar-refractivity contribution in [2.45, 2.75) is 24.3 Å². The Kier molecular flexibility index (Phi) is 4.24. The minimum atomic E-state index is -0.157. The molecular formula is C12H18ClN3O2. The minimum Gasteiger partial charge on any atom is -0.383 e. The number of hydrogen-bond donors (Lipinski definition) is 0. The lowest BCUT2D eigenvalue weighted by atomic mass is 10.4. The van der Waals surface area contributed by atoms with Gasteiger partial charge >= 0.3 is 0 Å². The van der Waals surface area contributed by atoms with E-state index < -0.39 is 0 Å². The summed E-state index contributed by atoms with van der Waals surface area (Å²) in [6, 6.07) is 0.360. The van der Waals surface area contributed by atoms with Crippen LogP contribution in [0.15, 0.2) is 17.2 Å². The summed E-state index contributed by atoms with van der Waals surface area (Å²) < 4.78 is 6.74. The predicted octanol–water partition coefficient (Wildman–Crippen LogP) is 1.27. The van der Waals surface area contributed by atoms with Crippen LogP contribution in [0.2, 0.25) is 0 Å². The molecule has 0 N–H and O–H groups in total. The van der Waals surface area contributed by atoms with E-state index in [1.54, 1.807) is 29.0 Å². The molecule has 0 amide bonds. The molecule has 1 fully saturated rings. The molecule has 1 atom stereocenters. The molecule has 0 aromatic carbocycles. The Bertz CT molecular complexity index is 459. The first-order valence-electron chi connectivity index (χ1n) is 6.04. The zero-order valence-corrected chi connectivity index (χ0v) is 11.4. The fraction of sp³-hybridized carbons (Fsp3) is 0.667. The molecule has 18 heavy (non-hydrogen) atoms. The van der Waals surface area contributed by atoms with Gasteiger partial charge in [0.25, 0.3) is 5.56 Å². The summed E-state index contributed by atoms with van der Waals surface area (Å²) in [5, 5.41) is -0.157. The van der Waals surface area contributed by atoms with Crippen molar-refractivity contribution < 1.29 is 4.74 Å². The van der Waals surface area contributed by atoms with Crippen molar-refractivity contribution in [1.82, 2.24) is 9.55 Å². The first kappa shape index (κ1) is 13.4. The summed E-state index contributed by atoms with van der Waals surface area (Å²) in [6.07, 6.45) is 5.58. The summed E-state index contributed by atoms with van der Waals surface area (Å²) >= 11 is 6.09.